The Morgan fingerprint density at radius 3 is 3.00 bits per heavy atom. The van der Waals surface area contributed by atoms with Crippen molar-refractivity contribution in [2.45, 2.75) is 13.5 Å². The van der Waals surface area contributed by atoms with Crippen LogP contribution < -0.4 is 5.32 Å². The molecule has 0 atom stereocenters. The Balaban J connectivity index is 2.06. The van der Waals surface area contributed by atoms with Crippen LogP contribution in [0.1, 0.15) is 21.7 Å². The van der Waals surface area contributed by atoms with Gasteiger partial charge in [0.05, 0.1) is 6.20 Å². The van der Waals surface area contributed by atoms with Crippen molar-refractivity contribution in [3.8, 4) is 0 Å². The second-order valence-corrected chi connectivity index (χ2v) is 4.67. The number of aryl methyl sites for hydroxylation is 1. The van der Waals surface area contributed by atoms with Gasteiger partial charge in [-0.15, -0.1) is 0 Å². The highest BCUT2D eigenvalue weighted by molar-refractivity contribution is 9.10. The molecule has 1 heterocycles. The van der Waals surface area contributed by atoms with Crippen LogP contribution in [0.4, 0.5) is 4.39 Å². The summed E-state index contributed by atoms with van der Waals surface area (Å²) in [5.41, 5.74) is 1.04. The van der Waals surface area contributed by atoms with E-state index in [2.05, 4.69) is 26.4 Å². The molecule has 0 saturated heterocycles. The first kappa shape index (κ1) is 12.8. The summed E-state index contributed by atoms with van der Waals surface area (Å²) in [6, 6.07) is 4.55. The largest absolute Gasteiger partial charge is 0.351 e. The first-order chi connectivity index (χ1) is 8.58. The molecule has 0 saturated carbocycles. The van der Waals surface area contributed by atoms with Gasteiger partial charge in [0.1, 0.15) is 5.82 Å². The van der Waals surface area contributed by atoms with Crippen molar-refractivity contribution in [2.75, 3.05) is 0 Å². The van der Waals surface area contributed by atoms with Gasteiger partial charge in [0.15, 0.2) is 0 Å². The molecule has 0 spiro atoms. The summed E-state index contributed by atoms with van der Waals surface area (Å²) in [6.45, 7) is 1.80. The second kappa shape index (κ2) is 5.30. The topological polar surface area (TPSA) is 55.1 Å². The molecule has 18 heavy (non-hydrogen) atoms. The van der Waals surface area contributed by atoms with Gasteiger partial charge in [0, 0.05) is 22.1 Å². The molecule has 0 aliphatic carbocycles. The van der Waals surface area contributed by atoms with Crippen LogP contribution in [0.25, 0.3) is 0 Å². The van der Waals surface area contributed by atoms with Gasteiger partial charge in [0.25, 0.3) is 5.91 Å². The monoisotopic (exact) mass is 312 g/mol. The minimum absolute atomic E-state index is 0.0875. The molecule has 1 amide bonds. The lowest BCUT2D eigenvalue weighted by molar-refractivity contribution is 0.0912. The first-order valence-corrected chi connectivity index (χ1v) is 6.00. The Morgan fingerprint density at radius 1 is 1.56 bits per heavy atom. The average molecular weight is 313 g/mol. The fourth-order valence-corrected chi connectivity index (χ4v) is 1.85. The van der Waals surface area contributed by atoms with E-state index in [1.54, 1.807) is 19.1 Å². The molecule has 0 bridgehead atoms. The van der Waals surface area contributed by atoms with Gasteiger partial charge in [0.2, 0.25) is 5.76 Å². The number of rotatable bonds is 3. The maximum Gasteiger partial charge on any atom is 0.290 e. The van der Waals surface area contributed by atoms with Crippen LogP contribution in [-0.2, 0) is 6.54 Å². The normalized spacial score (nSPS) is 10.4. The minimum atomic E-state index is -0.413. The summed E-state index contributed by atoms with van der Waals surface area (Å²) in [7, 11) is 0. The maximum absolute atomic E-state index is 13.4. The molecule has 2 aromatic rings. The number of aromatic nitrogens is 1. The van der Waals surface area contributed by atoms with Crippen LogP contribution in [0.2, 0.25) is 0 Å². The maximum atomic E-state index is 13.4. The number of halogens is 2. The van der Waals surface area contributed by atoms with E-state index in [1.807, 2.05) is 0 Å². The third-order valence-corrected chi connectivity index (χ3v) is 2.90. The van der Waals surface area contributed by atoms with Crippen LogP contribution in [0.5, 0.6) is 0 Å². The van der Waals surface area contributed by atoms with Gasteiger partial charge in [-0.3, -0.25) is 4.79 Å². The SMILES string of the molecule is Cc1cnoc1C(=O)NCc1cc(Br)ccc1F. The zero-order valence-corrected chi connectivity index (χ0v) is 11.1. The van der Waals surface area contributed by atoms with E-state index in [4.69, 9.17) is 4.52 Å². The number of benzene rings is 1. The Hall–Kier alpha value is -1.69. The van der Waals surface area contributed by atoms with Crippen LogP contribution in [-0.4, -0.2) is 11.1 Å². The first-order valence-electron chi connectivity index (χ1n) is 5.21. The van der Waals surface area contributed by atoms with E-state index in [9.17, 15) is 9.18 Å². The van der Waals surface area contributed by atoms with Gasteiger partial charge >= 0.3 is 0 Å². The number of hydrogen-bond donors (Lipinski definition) is 1. The van der Waals surface area contributed by atoms with Crippen LogP contribution in [0.15, 0.2) is 33.4 Å². The molecule has 1 N–H and O–H groups in total. The molecule has 0 aliphatic rings. The van der Waals surface area contributed by atoms with E-state index < -0.39 is 5.91 Å². The van der Waals surface area contributed by atoms with E-state index >= 15 is 0 Å². The summed E-state index contributed by atoms with van der Waals surface area (Å²) >= 11 is 3.25. The molecule has 0 radical (unpaired) electrons. The number of carbonyl (C=O) groups is 1. The quantitative estimate of drug-likeness (QED) is 0.948. The van der Waals surface area contributed by atoms with Crippen molar-refractivity contribution in [3.63, 3.8) is 0 Å². The summed E-state index contributed by atoms with van der Waals surface area (Å²) in [4.78, 5) is 11.7. The lowest BCUT2D eigenvalue weighted by Gasteiger charge is -2.05. The molecule has 6 heteroatoms. The van der Waals surface area contributed by atoms with Gasteiger partial charge < -0.3 is 9.84 Å². The van der Waals surface area contributed by atoms with Crippen molar-refractivity contribution in [2.24, 2.45) is 0 Å². The lowest BCUT2D eigenvalue weighted by Crippen LogP contribution is -2.23. The number of nitrogens with one attached hydrogen (secondary N) is 1. The van der Waals surface area contributed by atoms with Crippen molar-refractivity contribution in [1.29, 1.82) is 0 Å². The summed E-state index contributed by atoms with van der Waals surface area (Å²) in [6.07, 6.45) is 1.45. The highest BCUT2D eigenvalue weighted by Gasteiger charge is 2.14. The molecular formula is C12H10BrFN2O2. The molecule has 94 valence electrons. The average Bonchev–Trinajstić information content (AvgIpc) is 2.76. The highest BCUT2D eigenvalue weighted by atomic mass is 79.9. The molecule has 1 aromatic carbocycles. The van der Waals surface area contributed by atoms with E-state index in [-0.39, 0.29) is 18.1 Å². The van der Waals surface area contributed by atoms with Crippen LogP contribution >= 0.6 is 15.9 Å². The van der Waals surface area contributed by atoms with Gasteiger partial charge in [-0.1, -0.05) is 21.1 Å². The Morgan fingerprint density at radius 2 is 2.33 bits per heavy atom. The van der Waals surface area contributed by atoms with E-state index in [0.717, 1.165) is 4.47 Å². The zero-order chi connectivity index (χ0) is 13.1. The van der Waals surface area contributed by atoms with Gasteiger partial charge in [-0.25, -0.2) is 4.39 Å². The number of hydrogen-bond acceptors (Lipinski definition) is 3. The van der Waals surface area contributed by atoms with E-state index in [0.29, 0.717) is 11.1 Å². The Labute approximate surface area is 111 Å². The molecule has 4 nitrogen and oxygen atoms in total. The summed E-state index contributed by atoms with van der Waals surface area (Å²) in [5, 5.41) is 6.09. The minimum Gasteiger partial charge on any atom is -0.351 e. The Bertz CT molecular complexity index is 583. The summed E-state index contributed by atoms with van der Waals surface area (Å²) < 4.78 is 19.0. The molecule has 1 aromatic heterocycles. The van der Waals surface area contributed by atoms with Crippen LogP contribution in [0, 0.1) is 12.7 Å². The molecular weight excluding hydrogens is 303 g/mol. The predicted molar refractivity (Wildman–Crippen MR) is 66.5 cm³/mol. The zero-order valence-electron chi connectivity index (χ0n) is 9.54. The summed E-state index contributed by atoms with van der Waals surface area (Å²) in [5.74, 6) is -0.637. The molecule has 0 aliphatic heterocycles. The van der Waals surface area contributed by atoms with E-state index in [1.165, 1.54) is 12.3 Å². The highest BCUT2D eigenvalue weighted by Crippen LogP contribution is 2.15. The Kier molecular flexibility index (Phi) is 3.76. The van der Waals surface area contributed by atoms with Gasteiger partial charge in [-0.2, -0.15) is 0 Å². The second-order valence-electron chi connectivity index (χ2n) is 3.76. The van der Waals surface area contributed by atoms with Crippen molar-refractivity contribution in [1.82, 2.24) is 10.5 Å². The third-order valence-electron chi connectivity index (χ3n) is 2.40. The van der Waals surface area contributed by atoms with Crippen molar-refractivity contribution >= 4 is 21.8 Å². The number of carbonyl (C=O) groups excluding carboxylic acids is 1. The van der Waals surface area contributed by atoms with Gasteiger partial charge in [-0.05, 0) is 25.1 Å². The molecule has 2 rings (SSSR count). The van der Waals surface area contributed by atoms with Crippen LogP contribution in [0.3, 0.4) is 0 Å². The van der Waals surface area contributed by atoms with Crippen molar-refractivity contribution < 1.29 is 13.7 Å². The third kappa shape index (κ3) is 2.76. The fourth-order valence-electron chi connectivity index (χ4n) is 1.44. The lowest BCUT2D eigenvalue weighted by atomic mass is 10.2. The molecule has 0 unspecified atom stereocenters. The molecule has 0 fully saturated rings. The number of amides is 1. The standard InChI is InChI=1S/C12H10BrFN2O2/c1-7-5-16-18-11(7)12(17)15-6-8-4-9(13)2-3-10(8)14/h2-5H,6H2,1H3,(H,15,17). The smallest absolute Gasteiger partial charge is 0.290 e. The number of nitrogens with zero attached hydrogens (tertiary/aromatic N) is 1. The van der Waals surface area contributed by atoms with Crippen molar-refractivity contribution in [3.05, 3.63) is 51.6 Å². The fraction of sp³-hybridized carbons (Fsp3) is 0.167. The predicted octanol–water partition coefficient (Wildman–Crippen LogP) is 2.81.